The number of para-hydroxylation sites is 1. The number of likely N-dealkylation sites (tertiary alicyclic amines) is 1. The van der Waals surface area contributed by atoms with Gasteiger partial charge in [-0.05, 0) is 25.8 Å². The Kier molecular flexibility index (Phi) is 6.41. The number of nitrogens with zero attached hydrogens (tertiary/aromatic N) is 3. The first-order valence-corrected chi connectivity index (χ1v) is 8.18. The number of hydrogen-bond donors (Lipinski definition) is 1. The predicted octanol–water partition coefficient (Wildman–Crippen LogP) is 2.42. The van der Waals surface area contributed by atoms with Crippen LogP contribution in [-0.2, 0) is 17.8 Å². The molecule has 1 fully saturated rings. The SMILES string of the molecule is CCn1nc(CN2CCC(OC)CC2CN)c2ccccc21.Cl. The summed E-state index contributed by atoms with van der Waals surface area (Å²) in [5.74, 6) is 0. The van der Waals surface area contributed by atoms with E-state index < -0.39 is 0 Å². The highest BCUT2D eigenvalue weighted by molar-refractivity contribution is 5.85. The zero-order chi connectivity index (χ0) is 15.5. The number of piperidine rings is 1. The summed E-state index contributed by atoms with van der Waals surface area (Å²) in [6.45, 7) is 5.59. The molecule has 2 unspecified atom stereocenters. The second-order valence-electron chi connectivity index (χ2n) is 6.02. The molecule has 1 aliphatic heterocycles. The molecule has 23 heavy (non-hydrogen) atoms. The number of benzene rings is 1. The summed E-state index contributed by atoms with van der Waals surface area (Å²) in [6, 6.07) is 8.86. The minimum absolute atomic E-state index is 0. The van der Waals surface area contributed by atoms with Crippen LogP contribution >= 0.6 is 12.4 Å². The van der Waals surface area contributed by atoms with Gasteiger partial charge in [0.05, 0.1) is 17.3 Å². The summed E-state index contributed by atoms with van der Waals surface area (Å²) < 4.78 is 7.60. The van der Waals surface area contributed by atoms with Crippen LogP contribution in [0.2, 0.25) is 0 Å². The Balaban J connectivity index is 0.00000192. The Hall–Kier alpha value is -1.14. The molecule has 2 N–H and O–H groups in total. The van der Waals surface area contributed by atoms with Gasteiger partial charge in [-0.1, -0.05) is 18.2 Å². The lowest BCUT2D eigenvalue weighted by atomic mass is 9.99. The van der Waals surface area contributed by atoms with Crippen LogP contribution < -0.4 is 5.73 Å². The van der Waals surface area contributed by atoms with Gasteiger partial charge < -0.3 is 10.5 Å². The average molecular weight is 339 g/mol. The fourth-order valence-electron chi connectivity index (χ4n) is 3.48. The first-order valence-electron chi connectivity index (χ1n) is 8.18. The highest BCUT2D eigenvalue weighted by Gasteiger charge is 2.28. The minimum atomic E-state index is 0. The highest BCUT2D eigenvalue weighted by atomic mass is 35.5. The van der Waals surface area contributed by atoms with Crippen LogP contribution in [0.3, 0.4) is 0 Å². The minimum Gasteiger partial charge on any atom is -0.381 e. The molecule has 0 spiro atoms. The first-order chi connectivity index (χ1) is 10.8. The van der Waals surface area contributed by atoms with Crippen LogP contribution in [0, 0.1) is 0 Å². The van der Waals surface area contributed by atoms with Crippen LogP contribution in [0.15, 0.2) is 24.3 Å². The third-order valence-electron chi connectivity index (χ3n) is 4.78. The molecule has 0 aliphatic carbocycles. The maximum absolute atomic E-state index is 5.99. The molecule has 0 amide bonds. The molecular formula is C17H27ClN4O. The van der Waals surface area contributed by atoms with Gasteiger partial charge in [0.2, 0.25) is 0 Å². The zero-order valence-electron chi connectivity index (χ0n) is 13.9. The van der Waals surface area contributed by atoms with Crippen molar-refractivity contribution in [2.75, 3.05) is 20.2 Å². The van der Waals surface area contributed by atoms with Gasteiger partial charge >= 0.3 is 0 Å². The number of hydrogen-bond acceptors (Lipinski definition) is 4. The Labute approximate surface area is 144 Å². The van der Waals surface area contributed by atoms with Gasteiger partial charge in [-0.25, -0.2) is 0 Å². The van der Waals surface area contributed by atoms with Gasteiger partial charge in [-0.15, -0.1) is 12.4 Å². The molecule has 1 aromatic carbocycles. The summed E-state index contributed by atoms with van der Waals surface area (Å²) in [6.07, 6.45) is 2.42. The molecule has 6 heteroatoms. The molecule has 3 rings (SSSR count). The van der Waals surface area contributed by atoms with Crippen LogP contribution in [0.5, 0.6) is 0 Å². The number of aromatic nitrogens is 2. The number of aryl methyl sites for hydroxylation is 1. The van der Waals surface area contributed by atoms with E-state index in [0.29, 0.717) is 18.7 Å². The van der Waals surface area contributed by atoms with Crippen molar-refractivity contribution in [2.45, 2.75) is 45.0 Å². The topological polar surface area (TPSA) is 56.3 Å². The maximum atomic E-state index is 5.99. The molecule has 2 aromatic rings. The van der Waals surface area contributed by atoms with Gasteiger partial charge in [0.25, 0.3) is 0 Å². The standard InChI is InChI=1S/C17H26N4O.ClH/c1-3-21-17-7-5-4-6-15(17)16(19-21)12-20-9-8-14(22-2)10-13(20)11-18;/h4-7,13-14H,3,8-12,18H2,1-2H3;1H. The second kappa shape index (κ2) is 8.11. The second-order valence-corrected chi connectivity index (χ2v) is 6.02. The molecule has 1 saturated heterocycles. The van der Waals surface area contributed by atoms with Crippen molar-refractivity contribution in [3.05, 3.63) is 30.0 Å². The fourth-order valence-corrected chi connectivity index (χ4v) is 3.48. The van der Waals surface area contributed by atoms with Gasteiger partial charge in [0.1, 0.15) is 0 Å². The fraction of sp³-hybridized carbons (Fsp3) is 0.588. The molecule has 2 atom stereocenters. The van der Waals surface area contributed by atoms with Crippen molar-refractivity contribution in [1.82, 2.24) is 14.7 Å². The molecule has 128 valence electrons. The van der Waals surface area contributed by atoms with Crippen LogP contribution in [0.1, 0.15) is 25.5 Å². The maximum Gasteiger partial charge on any atom is 0.0843 e. The molecular weight excluding hydrogens is 312 g/mol. The Morgan fingerprint density at radius 1 is 1.35 bits per heavy atom. The van der Waals surface area contributed by atoms with Gasteiger partial charge in [0, 0.05) is 44.7 Å². The van der Waals surface area contributed by atoms with E-state index in [1.807, 2.05) is 0 Å². The van der Waals surface area contributed by atoms with Gasteiger partial charge in [0.15, 0.2) is 0 Å². The van der Waals surface area contributed by atoms with Crippen molar-refractivity contribution in [3.8, 4) is 0 Å². The molecule has 1 aromatic heterocycles. The molecule has 0 saturated carbocycles. The lowest BCUT2D eigenvalue weighted by Gasteiger charge is -2.38. The lowest BCUT2D eigenvalue weighted by molar-refractivity contribution is 0.00986. The molecule has 1 aliphatic rings. The summed E-state index contributed by atoms with van der Waals surface area (Å²) in [7, 11) is 1.80. The lowest BCUT2D eigenvalue weighted by Crippen LogP contribution is -2.48. The van der Waals surface area contributed by atoms with E-state index in [2.05, 4.69) is 40.8 Å². The number of nitrogens with two attached hydrogens (primary N) is 1. The van der Waals surface area contributed by atoms with Crippen molar-refractivity contribution in [3.63, 3.8) is 0 Å². The predicted molar refractivity (Wildman–Crippen MR) is 95.9 cm³/mol. The summed E-state index contributed by atoms with van der Waals surface area (Å²) in [4.78, 5) is 2.46. The first kappa shape index (κ1) is 18.2. The van der Waals surface area contributed by atoms with Crippen molar-refractivity contribution < 1.29 is 4.74 Å². The van der Waals surface area contributed by atoms with E-state index in [1.165, 1.54) is 10.9 Å². The van der Waals surface area contributed by atoms with E-state index >= 15 is 0 Å². The largest absolute Gasteiger partial charge is 0.381 e. The van der Waals surface area contributed by atoms with Crippen molar-refractivity contribution >= 4 is 23.3 Å². The monoisotopic (exact) mass is 338 g/mol. The number of halogens is 1. The number of fused-ring (bicyclic) bond motifs is 1. The van der Waals surface area contributed by atoms with Crippen molar-refractivity contribution in [2.24, 2.45) is 5.73 Å². The van der Waals surface area contributed by atoms with E-state index in [9.17, 15) is 0 Å². The van der Waals surface area contributed by atoms with E-state index in [0.717, 1.165) is 38.2 Å². The average Bonchev–Trinajstić information content (AvgIpc) is 2.93. The quantitative estimate of drug-likeness (QED) is 0.909. The van der Waals surface area contributed by atoms with E-state index in [4.69, 9.17) is 15.6 Å². The molecule has 2 heterocycles. The number of ether oxygens (including phenoxy) is 1. The zero-order valence-corrected chi connectivity index (χ0v) is 14.8. The van der Waals surface area contributed by atoms with E-state index in [-0.39, 0.29) is 12.4 Å². The molecule has 5 nitrogen and oxygen atoms in total. The Morgan fingerprint density at radius 2 is 2.13 bits per heavy atom. The Bertz CT molecular complexity index is 630. The third-order valence-corrected chi connectivity index (χ3v) is 4.78. The van der Waals surface area contributed by atoms with Gasteiger partial charge in [-0.3, -0.25) is 9.58 Å². The van der Waals surface area contributed by atoms with Crippen LogP contribution in [0.4, 0.5) is 0 Å². The number of rotatable bonds is 5. The van der Waals surface area contributed by atoms with Gasteiger partial charge in [-0.2, -0.15) is 5.10 Å². The van der Waals surface area contributed by atoms with Crippen LogP contribution in [0.25, 0.3) is 10.9 Å². The smallest absolute Gasteiger partial charge is 0.0843 e. The molecule has 0 radical (unpaired) electrons. The van der Waals surface area contributed by atoms with Crippen molar-refractivity contribution in [1.29, 1.82) is 0 Å². The Morgan fingerprint density at radius 3 is 2.83 bits per heavy atom. The highest BCUT2D eigenvalue weighted by Crippen LogP contribution is 2.24. The van der Waals surface area contributed by atoms with E-state index in [1.54, 1.807) is 7.11 Å². The van der Waals surface area contributed by atoms with Crippen LogP contribution in [-0.4, -0.2) is 47.0 Å². The third kappa shape index (κ3) is 3.69. The molecule has 0 bridgehead atoms. The normalized spacial score (nSPS) is 22.2. The summed E-state index contributed by atoms with van der Waals surface area (Å²) in [5, 5.41) is 6.07. The number of methoxy groups -OCH3 is 1. The summed E-state index contributed by atoms with van der Waals surface area (Å²) >= 11 is 0. The summed E-state index contributed by atoms with van der Waals surface area (Å²) in [5.41, 5.74) is 8.36.